The molecule has 0 radical (unpaired) electrons. The largest absolute Gasteiger partial charge is 0.470 e. The predicted molar refractivity (Wildman–Crippen MR) is 118 cm³/mol. The second kappa shape index (κ2) is 13.5. The number of ether oxygens (including phenoxy) is 1. The van der Waals surface area contributed by atoms with Crippen molar-refractivity contribution >= 4 is 23.6 Å². The Morgan fingerprint density at radius 3 is 2.28 bits per heavy atom. The number of anilines is 1. The number of carbonyl (C=O) groups is 2. The summed E-state index contributed by atoms with van der Waals surface area (Å²) < 4.78 is 5.28. The number of amides is 1. The first kappa shape index (κ1) is 24.4. The number of rotatable bonds is 12. The number of hydrogen-bond donors (Lipinski definition) is 1. The SMILES string of the molecule is [C-]#[N+]/C(=C\c1ccc(NC(=O)C(CC)CCCC)cc1)C(=O)OCC(CC)CC. The van der Waals surface area contributed by atoms with E-state index in [0.717, 1.165) is 38.5 Å². The molecule has 1 aromatic rings. The number of esters is 1. The molecule has 158 valence electrons. The Kier molecular flexibility index (Phi) is 11.4. The van der Waals surface area contributed by atoms with Gasteiger partial charge in [-0.05, 0) is 42.5 Å². The zero-order chi connectivity index (χ0) is 21.6. The minimum atomic E-state index is -0.592. The van der Waals surface area contributed by atoms with Gasteiger partial charge < -0.3 is 10.1 Å². The van der Waals surface area contributed by atoms with Crippen LogP contribution in [0, 0.1) is 18.4 Å². The summed E-state index contributed by atoms with van der Waals surface area (Å²) in [4.78, 5) is 27.9. The topological polar surface area (TPSA) is 59.8 Å². The fraction of sp³-hybridized carbons (Fsp3) is 0.542. The van der Waals surface area contributed by atoms with E-state index in [1.165, 1.54) is 6.08 Å². The lowest BCUT2D eigenvalue weighted by Crippen LogP contribution is -2.22. The molecule has 0 bridgehead atoms. The third kappa shape index (κ3) is 8.51. The lowest BCUT2D eigenvalue weighted by atomic mass is 9.98. The second-order valence-electron chi connectivity index (χ2n) is 7.28. The van der Waals surface area contributed by atoms with Crippen molar-refractivity contribution in [1.82, 2.24) is 0 Å². The maximum atomic E-state index is 12.4. The van der Waals surface area contributed by atoms with Crippen LogP contribution in [0.15, 0.2) is 30.0 Å². The molecule has 1 rings (SSSR count). The van der Waals surface area contributed by atoms with Crippen LogP contribution in [0.1, 0.15) is 71.8 Å². The Morgan fingerprint density at radius 2 is 1.76 bits per heavy atom. The van der Waals surface area contributed by atoms with Crippen LogP contribution >= 0.6 is 0 Å². The Morgan fingerprint density at radius 1 is 1.10 bits per heavy atom. The first-order valence-electron chi connectivity index (χ1n) is 10.7. The van der Waals surface area contributed by atoms with Crippen molar-refractivity contribution in [3.63, 3.8) is 0 Å². The molecule has 1 amide bonds. The maximum Gasteiger partial charge on any atom is 0.336 e. The van der Waals surface area contributed by atoms with Crippen molar-refractivity contribution in [3.8, 4) is 0 Å². The van der Waals surface area contributed by atoms with E-state index in [9.17, 15) is 9.59 Å². The van der Waals surface area contributed by atoms with Gasteiger partial charge in [0.15, 0.2) is 0 Å². The number of nitrogens with zero attached hydrogens (tertiary/aromatic N) is 1. The first-order valence-corrected chi connectivity index (χ1v) is 10.7. The van der Waals surface area contributed by atoms with E-state index in [0.29, 0.717) is 23.8 Å². The summed E-state index contributed by atoms with van der Waals surface area (Å²) in [5.41, 5.74) is 1.38. The summed E-state index contributed by atoms with van der Waals surface area (Å²) in [5, 5.41) is 2.95. The molecule has 1 unspecified atom stereocenters. The summed E-state index contributed by atoms with van der Waals surface area (Å²) >= 11 is 0. The van der Waals surface area contributed by atoms with Gasteiger partial charge in [0.25, 0.3) is 5.70 Å². The molecule has 0 saturated carbocycles. The molecule has 29 heavy (non-hydrogen) atoms. The molecule has 0 spiro atoms. The van der Waals surface area contributed by atoms with Gasteiger partial charge in [0.05, 0.1) is 13.2 Å². The molecular weight excluding hydrogens is 364 g/mol. The maximum absolute atomic E-state index is 12.4. The highest BCUT2D eigenvalue weighted by Gasteiger charge is 2.16. The minimum absolute atomic E-state index is 0.0214. The molecule has 1 aromatic carbocycles. The summed E-state index contributed by atoms with van der Waals surface area (Å²) in [6, 6.07) is 7.13. The summed E-state index contributed by atoms with van der Waals surface area (Å²) in [5.74, 6) is -0.215. The molecule has 0 aliphatic rings. The lowest BCUT2D eigenvalue weighted by Gasteiger charge is -2.14. The molecule has 0 aromatic heterocycles. The highest BCUT2D eigenvalue weighted by molar-refractivity contribution is 5.96. The van der Waals surface area contributed by atoms with Gasteiger partial charge in [-0.1, -0.05) is 65.5 Å². The molecule has 0 fully saturated rings. The molecule has 0 heterocycles. The van der Waals surface area contributed by atoms with Crippen LogP contribution in [-0.2, 0) is 14.3 Å². The zero-order valence-corrected chi connectivity index (χ0v) is 18.2. The number of benzene rings is 1. The van der Waals surface area contributed by atoms with Gasteiger partial charge in [-0.3, -0.25) is 9.59 Å². The number of nitrogens with one attached hydrogen (secondary N) is 1. The van der Waals surface area contributed by atoms with E-state index >= 15 is 0 Å². The minimum Gasteiger partial charge on any atom is -0.470 e. The number of unbranched alkanes of at least 4 members (excludes halogenated alkanes) is 1. The van der Waals surface area contributed by atoms with Crippen LogP contribution in [0.5, 0.6) is 0 Å². The average molecular weight is 399 g/mol. The van der Waals surface area contributed by atoms with Crippen LogP contribution in [0.3, 0.4) is 0 Å². The average Bonchev–Trinajstić information content (AvgIpc) is 2.74. The quantitative estimate of drug-likeness (QED) is 0.264. The Hall–Kier alpha value is -2.61. The Bertz CT molecular complexity index is 713. The van der Waals surface area contributed by atoms with E-state index < -0.39 is 5.97 Å². The fourth-order valence-corrected chi connectivity index (χ4v) is 2.96. The monoisotopic (exact) mass is 398 g/mol. The van der Waals surface area contributed by atoms with Gasteiger partial charge in [-0.15, -0.1) is 0 Å². The molecule has 0 aliphatic carbocycles. The third-order valence-corrected chi connectivity index (χ3v) is 5.19. The van der Waals surface area contributed by atoms with E-state index in [1.807, 2.05) is 6.92 Å². The molecule has 0 saturated heterocycles. The van der Waals surface area contributed by atoms with Gasteiger partial charge in [0.1, 0.15) is 0 Å². The van der Waals surface area contributed by atoms with Gasteiger partial charge in [-0.2, -0.15) is 0 Å². The van der Waals surface area contributed by atoms with Crippen LogP contribution in [0.4, 0.5) is 5.69 Å². The number of hydrogen-bond acceptors (Lipinski definition) is 3. The van der Waals surface area contributed by atoms with Crippen molar-refractivity contribution in [2.45, 2.75) is 66.2 Å². The highest BCUT2D eigenvalue weighted by atomic mass is 16.5. The van der Waals surface area contributed by atoms with Crippen molar-refractivity contribution < 1.29 is 14.3 Å². The van der Waals surface area contributed by atoms with Gasteiger partial charge >= 0.3 is 5.97 Å². The molecule has 5 nitrogen and oxygen atoms in total. The van der Waals surface area contributed by atoms with Crippen molar-refractivity contribution in [2.75, 3.05) is 11.9 Å². The van der Waals surface area contributed by atoms with E-state index in [1.54, 1.807) is 24.3 Å². The van der Waals surface area contributed by atoms with Crippen molar-refractivity contribution in [1.29, 1.82) is 0 Å². The summed E-state index contributed by atoms with van der Waals surface area (Å²) in [7, 11) is 0. The zero-order valence-electron chi connectivity index (χ0n) is 18.2. The molecule has 1 atom stereocenters. The predicted octanol–water partition coefficient (Wildman–Crippen LogP) is 6.08. The fourth-order valence-electron chi connectivity index (χ4n) is 2.96. The van der Waals surface area contributed by atoms with Crippen LogP contribution < -0.4 is 5.32 Å². The van der Waals surface area contributed by atoms with E-state index in [4.69, 9.17) is 11.3 Å². The normalized spacial score (nSPS) is 12.3. The Labute approximate surface area is 175 Å². The van der Waals surface area contributed by atoms with Crippen LogP contribution in [-0.4, -0.2) is 18.5 Å². The van der Waals surface area contributed by atoms with Crippen LogP contribution in [0.25, 0.3) is 10.9 Å². The number of carbonyl (C=O) groups excluding carboxylic acids is 2. The van der Waals surface area contributed by atoms with Crippen LogP contribution in [0.2, 0.25) is 0 Å². The molecule has 0 aliphatic heterocycles. The highest BCUT2D eigenvalue weighted by Crippen LogP contribution is 2.18. The molecule has 5 heteroatoms. The van der Waals surface area contributed by atoms with Crippen molar-refractivity contribution in [2.24, 2.45) is 11.8 Å². The molecule has 1 N–H and O–H groups in total. The van der Waals surface area contributed by atoms with E-state index in [2.05, 4.69) is 30.9 Å². The summed E-state index contributed by atoms with van der Waals surface area (Å²) in [6.45, 7) is 15.9. The molecular formula is C24H34N2O3. The van der Waals surface area contributed by atoms with Gasteiger partial charge in [0, 0.05) is 11.6 Å². The third-order valence-electron chi connectivity index (χ3n) is 5.19. The standard InChI is InChI=1S/C24H34N2O3/c1-6-10-11-20(9-4)23(27)26-21-14-12-19(13-15-21)16-22(25-5)24(28)29-17-18(7-2)8-3/h12-16,18,20H,6-11,17H2,1-4H3,(H,26,27)/b22-16-. The first-order chi connectivity index (χ1) is 14.0. The second-order valence-corrected chi connectivity index (χ2v) is 7.28. The van der Waals surface area contributed by atoms with Gasteiger partial charge in [-0.25, -0.2) is 4.85 Å². The van der Waals surface area contributed by atoms with Gasteiger partial charge in [0.2, 0.25) is 5.91 Å². The van der Waals surface area contributed by atoms with E-state index in [-0.39, 0.29) is 17.5 Å². The lowest BCUT2D eigenvalue weighted by molar-refractivity contribution is -0.140. The van der Waals surface area contributed by atoms with Crippen molar-refractivity contribution in [3.05, 3.63) is 46.9 Å². The smallest absolute Gasteiger partial charge is 0.336 e. The Balaban J connectivity index is 2.74. The summed E-state index contributed by atoms with van der Waals surface area (Å²) in [6.07, 6.45) is 7.23.